The minimum absolute atomic E-state index is 0.123. The van der Waals surface area contributed by atoms with Crippen molar-refractivity contribution in [2.24, 2.45) is 0 Å². The van der Waals surface area contributed by atoms with Crippen LogP contribution in [0.4, 0.5) is 5.69 Å². The molecule has 0 aromatic heterocycles. The molecule has 2 aromatic carbocycles. The van der Waals surface area contributed by atoms with Gasteiger partial charge >= 0.3 is 0 Å². The summed E-state index contributed by atoms with van der Waals surface area (Å²) in [7, 11) is -0.570. The van der Waals surface area contributed by atoms with Crippen molar-refractivity contribution >= 4 is 21.6 Å². The highest BCUT2D eigenvalue weighted by molar-refractivity contribution is 7.89. The van der Waals surface area contributed by atoms with Crippen LogP contribution in [0.2, 0.25) is 0 Å². The van der Waals surface area contributed by atoms with Crippen LogP contribution in [-0.4, -0.2) is 52.5 Å². The molecule has 0 spiro atoms. The van der Waals surface area contributed by atoms with Crippen molar-refractivity contribution in [1.82, 2.24) is 4.31 Å². The number of hydrogen-bond acceptors (Lipinski definition) is 6. The van der Waals surface area contributed by atoms with Gasteiger partial charge in [0.15, 0.2) is 6.61 Å². The lowest BCUT2D eigenvalue weighted by Crippen LogP contribution is -2.30. The smallest absolute Gasteiger partial charge is 0.262 e. The lowest BCUT2D eigenvalue weighted by molar-refractivity contribution is -0.118. The highest BCUT2D eigenvalue weighted by Gasteiger charge is 2.21. The number of anilines is 1. The van der Waals surface area contributed by atoms with Crippen LogP contribution in [0.25, 0.3) is 0 Å². The first-order valence-electron chi connectivity index (χ1n) is 9.10. The van der Waals surface area contributed by atoms with Crippen molar-refractivity contribution < 1.29 is 27.4 Å². The lowest BCUT2D eigenvalue weighted by Gasteiger charge is -2.18. The number of amides is 1. The van der Waals surface area contributed by atoms with Crippen LogP contribution in [0.5, 0.6) is 17.2 Å². The zero-order chi connectivity index (χ0) is 21.4. The third-order valence-electron chi connectivity index (χ3n) is 4.16. The van der Waals surface area contributed by atoms with E-state index in [2.05, 4.69) is 5.32 Å². The van der Waals surface area contributed by atoms with Gasteiger partial charge in [-0.3, -0.25) is 4.79 Å². The predicted octanol–water partition coefficient (Wildman–Crippen LogP) is 2.75. The molecular weight excluding hydrogens is 396 g/mol. The van der Waals surface area contributed by atoms with Crippen molar-refractivity contribution in [1.29, 1.82) is 0 Å². The monoisotopic (exact) mass is 422 g/mol. The fraction of sp³-hybridized carbons (Fsp3) is 0.350. The van der Waals surface area contributed by atoms with E-state index >= 15 is 0 Å². The minimum Gasteiger partial charge on any atom is -0.496 e. The van der Waals surface area contributed by atoms with E-state index in [-0.39, 0.29) is 11.5 Å². The van der Waals surface area contributed by atoms with Gasteiger partial charge in [-0.25, -0.2) is 8.42 Å². The molecule has 0 atom stereocenters. The highest BCUT2D eigenvalue weighted by atomic mass is 32.2. The Balaban J connectivity index is 2.07. The van der Waals surface area contributed by atoms with Gasteiger partial charge in [0.1, 0.15) is 17.2 Å². The predicted molar refractivity (Wildman–Crippen MR) is 110 cm³/mol. The number of rotatable bonds is 10. The van der Waals surface area contributed by atoms with Gasteiger partial charge in [0.05, 0.1) is 19.1 Å². The topological polar surface area (TPSA) is 94.2 Å². The van der Waals surface area contributed by atoms with Crippen LogP contribution in [0, 0.1) is 0 Å². The van der Waals surface area contributed by atoms with Gasteiger partial charge in [-0.05, 0) is 18.2 Å². The van der Waals surface area contributed by atoms with Gasteiger partial charge in [-0.1, -0.05) is 19.9 Å². The van der Waals surface area contributed by atoms with E-state index in [1.54, 1.807) is 44.2 Å². The molecule has 2 rings (SSSR count). The van der Waals surface area contributed by atoms with Crippen molar-refractivity contribution in [3.05, 3.63) is 42.5 Å². The van der Waals surface area contributed by atoms with E-state index in [0.717, 1.165) is 0 Å². The molecule has 0 bridgehead atoms. The molecule has 29 heavy (non-hydrogen) atoms. The van der Waals surface area contributed by atoms with Gasteiger partial charge in [0.2, 0.25) is 10.0 Å². The van der Waals surface area contributed by atoms with Crippen molar-refractivity contribution in [3.8, 4) is 17.2 Å². The molecule has 0 aliphatic rings. The Morgan fingerprint density at radius 2 is 1.55 bits per heavy atom. The third kappa shape index (κ3) is 5.85. The third-order valence-corrected chi connectivity index (χ3v) is 6.20. The van der Waals surface area contributed by atoms with E-state index in [1.807, 2.05) is 0 Å². The standard InChI is InChI=1S/C20H26N2O6S/c1-5-22(6-2)29(24,25)19-9-7-8-15(10-19)21-20(23)14-28-18-12-16(26-3)11-17(13-18)27-4/h7-13H,5-6,14H2,1-4H3,(H,21,23). The maximum absolute atomic E-state index is 12.6. The number of benzene rings is 2. The van der Waals surface area contributed by atoms with E-state index in [0.29, 0.717) is 36.0 Å². The second kappa shape index (κ2) is 10.1. The van der Waals surface area contributed by atoms with Gasteiger partial charge in [-0.15, -0.1) is 0 Å². The molecule has 0 aliphatic heterocycles. The number of nitrogens with zero attached hydrogens (tertiary/aromatic N) is 1. The summed E-state index contributed by atoms with van der Waals surface area (Å²) in [5, 5.41) is 2.65. The Morgan fingerprint density at radius 1 is 0.966 bits per heavy atom. The summed E-state index contributed by atoms with van der Waals surface area (Å²) in [6, 6.07) is 11.1. The second-order valence-electron chi connectivity index (χ2n) is 6.00. The quantitative estimate of drug-likeness (QED) is 0.633. The molecule has 8 nitrogen and oxygen atoms in total. The largest absolute Gasteiger partial charge is 0.496 e. The molecule has 0 radical (unpaired) electrons. The van der Waals surface area contributed by atoms with E-state index in [9.17, 15) is 13.2 Å². The van der Waals surface area contributed by atoms with Gasteiger partial charge in [0.25, 0.3) is 5.91 Å². The Bertz CT molecular complexity index is 919. The van der Waals surface area contributed by atoms with Crippen LogP contribution in [0.1, 0.15) is 13.8 Å². The molecule has 0 saturated carbocycles. The summed E-state index contributed by atoms with van der Waals surface area (Å²) in [6.07, 6.45) is 0. The maximum Gasteiger partial charge on any atom is 0.262 e. The second-order valence-corrected chi connectivity index (χ2v) is 7.94. The summed E-state index contributed by atoms with van der Waals surface area (Å²) in [5.41, 5.74) is 0.370. The van der Waals surface area contributed by atoms with E-state index in [4.69, 9.17) is 14.2 Å². The van der Waals surface area contributed by atoms with Crippen LogP contribution < -0.4 is 19.5 Å². The first kappa shape index (κ1) is 22.5. The molecule has 1 N–H and O–H groups in total. The van der Waals surface area contributed by atoms with Gasteiger partial charge < -0.3 is 19.5 Å². The molecule has 0 heterocycles. The molecule has 0 unspecified atom stereocenters. The number of ether oxygens (including phenoxy) is 3. The first-order valence-corrected chi connectivity index (χ1v) is 10.5. The Labute approximate surface area is 171 Å². The van der Waals surface area contributed by atoms with Gasteiger partial charge in [0, 0.05) is 37.0 Å². The Hall–Kier alpha value is -2.78. The fourth-order valence-electron chi connectivity index (χ4n) is 2.66. The highest BCUT2D eigenvalue weighted by Crippen LogP contribution is 2.27. The van der Waals surface area contributed by atoms with Crippen LogP contribution in [-0.2, 0) is 14.8 Å². The first-order chi connectivity index (χ1) is 13.8. The molecule has 0 aliphatic carbocycles. The molecule has 2 aromatic rings. The number of nitrogens with one attached hydrogen (secondary N) is 1. The fourth-order valence-corrected chi connectivity index (χ4v) is 4.16. The molecule has 9 heteroatoms. The summed E-state index contributed by atoms with van der Waals surface area (Å²) in [4.78, 5) is 12.4. The average Bonchev–Trinajstić information content (AvgIpc) is 2.72. The lowest BCUT2D eigenvalue weighted by atomic mass is 10.3. The van der Waals surface area contributed by atoms with Crippen LogP contribution >= 0.6 is 0 Å². The number of hydrogen-bond donors (Lipinski definition) is 1. The number of carbonyl (C=O) groups is 1. The number of methoxy groups -OCH3 is 2. The number of sulfonamides is 1. The average molecular weight is 423 g/mol. The van der Waals surface area contributed by atoms with Gasteiger partial charge in [-0.2, -0.15) is 4.31 Å². The molecular formula is C20H26N2O6S. The zero-order valence-corrected chi connectivity index (χ0v) is 17.8. The Morgan fingerprint density at radius 3 is 2.10 bits per heavy atom. The maximum atomic E-state index is 12.6. The summed E-state index contributed by atoms with van der Waals surface area (Å²) in [6.45, 7) is 4.03. The van der Waals surface area contributed by atoms with Crippen LogP contribution in [0.3, 0.4) is 0 Å². The van der Waals surface area contributed by atoms with Crippen molar-refractivity contribution in [2.45, 2.75) is 18.7 Å². The summed E-state index contributed by atoms with van der Waals surface area (Å²) < 4.78 is 42.4. The SMILES string of the molecule is CCN(CC)S(=O)(=O)c1cccc(NC(=O)COc2cc(OC)cc(OC)c2)c1. The number of carbonyl (C=O) groups excluding carboxylic acids is 1. The molecule has 0 saturated heterocycles. The zero-order valence-electron chi connectivity index (χ0n) is 17.0. The van der Waals surface area contributed by atoms with Crippen molar-refractivity contribution in [2.75, 3.05) is 39.2 Å². The van der Waals surface area contributed by atoms with Crippen molar-refractivity contribution in [3.63, 3.8) is 0 Å². The molecule has 0 fully saturated rings. The van der Waals surface area contributed by atoms with Crippen LogP contribution in [0.15, 0.2) is 47.4 Å². The minimum atomic E-state index is -3.61. The Kier molecular flexibility index (Phi) is 7.86. The summed E-state index contributed by atoms with van der Waals surface area (Å²) in [5.74, 6) is 1.06. The summed E-state index contributed by atoms with van der Waals surface area (Å²) >= 11 is 0. The molecule has 158 valence electrons. The normalized spacial score (nSPS) is 11.2. The molecule has 1 amide bonds. The van der Waals surface area contributed by atoms with E-state index < -0.39 is 15.9 Å². The van der Waals surface area contributed by atoms with E-state index in [1.165, 1.54) is 30.7 Å².